The van der Waals surface area contributed by atoms with Crippen molar-refractivity contribution in [2.75, 3.05) is 24.2 Å². The zero-order valence-corrected chi connectivity index (χ0v) is 9.65. The van der Waals surface area contributed by atoms with Crippen LogP contribution < -0.4 is 11.1 Å². The number of nitrogens with two attached hydrogens (primary N) is 1. The van der Waals surface area contributed by atoms with Gasteiger partial charge in [-0.3, -0.25) is 0 Å². The second-order valence-corrected chi connectivity index (χ2v) is 4.22. The van der Waals surface area contributed by atoms with Gasteiger partial charge in [-0.1, -0.05) is 6.92 Å². The third-order valence-electron chi connectivity index (χ3n) is 3.08. The molecule has 2 heterocycles. The summed E-state index contributed by atoms with van der Waals surface area (Å²) in [7, 11) is 0. The Hall–Kier alpha value is -1.29. The van der Waals surface area contributed by atoms with Gasteiger partial charge in [0.25, 0.3) is 0 Å². The maximum absolute atomic E-state index is 5.69. The van der Waals surface area contributed by atoms with Crippen molar-refractivity contribution in [3.8, 4) is 0 Å². The molecule has 1 saturated heterocycles. The lowest BCUT2D eigenvalue weighted by Crippen LogP contribution is -2.23. The molecule has 0 bridgehead atoms. The van der Waals surface area contributed by atoms with Crippen molar-refractivity contribution >= 4 is 11.5 Å². The predicted octanol–water partition coefficient (Wildman–Crippen LogP) is 1.89. The zero-order valence-electron chi connectivity index (χ0n) is 9.65. The molecule has 0 aromatic carbocycles. The van der Waals surface area contributed by atoms with Crippen molar-refractivity contribution < 1.29 is 4.74 Å². The van der Waals surface area contributed by atoms with E-state index in [1.165, 1.54) is 0 Å². The lowest BCUT2D eigenvalue weighted by molar-refractivity contribution is 0.0900. The highest BCUT2D eigenvalue weighted by atomic mass is 16.5. The highest BCUT2D eigenvalue weighted by Gasteiger charge is 2.26. The summed E-state index contributed by atoms with van der Waals surface area (Å²) < 4.78 is 5.64. The first kappa shape index (κ1) is 11.2. The summed E-state index contributed by atoms with van der Waals surface area (Å²) >= 11 is 0. The van der Waals surface area contributed by atoms with E-state index in [4.69, 9.17) is 10.5 Å². The van der Waals surface area contributed by atoms with Crippen LogP contribution in [0.4, 0.5) is 11.5 Å². The molecule has 16 heavy (non-hydrogen) atoms. The summed E-state index contributed by atoms with van der Waals surface area (Å²) in [4.78, 5) is 4.22. The fourth-order valence-electron chi connectivity index (χ4n) is 2.16. The molecule has 0 spiro atoms. The maximum atomic E-state index is 5.69. The van der Waals surface area contributed by atoms with Gasteiger partial charge in [-0.25, -0.2) is 4.98 Å². The molecule has 88 valence electrons. The van der Waals surface area contributed by atoms with Gasteiger partial charge in [-0.05, 0) is 18.9 Å². The molecule has 1 aliphatic rings. The van der Waals surface area contributed by atoms with Crippen LogP contribution in [0.15, 0.2) is 18.3 Å². The third-order valence-corrected chi connectivity index (χ3v) is 3.08. The molecule has 2 unspecified atom stereocenters. The first-order valence-corrected chi connectivity index (χ1v) is 5.86. The van der Waals surface area contributed by atoms with E-state index in [2.05, 4.69) is 17.2 Å². The number of rotatable bonds is 4. The molecule has 0 radical (unpaired) electrons. The summed E-state index contributed by atoms with van der Waals surface area (Å²) in [5.41, 5.74) is 6.43. The summed E-state index contributed by atoms with van der Waals surface area (Å²) in [6, 6.07) is 3.65. The van der Waals surface area contributed by atoms with E-state index in [1.54, 1.807) is 12.3 Å². The lowest BCUT2D eigenvalue weighted by Gasteiger charge is -2.17. The molecule has 1 aromatic rings. The molecule has 2 rings (SSSR count). The minimum absolute atomic E-state index is 0.397. The largest absolute Gasteiger partial charge is 0.399 e. The van der Waals surface area contributed by atoms with E-state index in [-0.39, 0.29) is 0 Å². The van der Waals surface area contributed by atoms with E-state index in [0.717, 1.165) is 37.5 Å². The molecule has 2 atom stereocenters. The molecule has 1 fully saturated rings. The highest BCUT2D eigenvalue weighted by Crippen LogP contribution is 2.23. The van der Waals surface area contributed by atoms with Crippen molar-refractivity contribution in [3.05, 3.63) is 18.3 Å². The van der Waals surface area contributed by atoms with E-state index < -0.39 is 0 Å². The average molecular weight is 221 g/mol. The second-order valence-electron chi connectivity index (χ2n) is 4.22. The van der Waals surface area contributed by atoms with Crippen molar-refractivity contribution in [2.24, 2.45) is 5.92 Å². The molecular formula is C12H19N3O. The van der Waals surface area contributed by atoms with Gasteiger partial charge in [-0.2, -0.15) is 0 Å². The van der Waals surface area contributed by atoms with Gasteiger partial charge in [0.2, 0.25) is 0 Å². The Bertz CT molecular complexity index is 343. The van der Waals surface area contributed by atoms with Crippen LogP contribution in [0.1, 0.15) is 19.8 Å². The molecule has 4 heteroatoms. The zero-order chi connectivity index (χ0) is 11.4. The number of aromatic nitrogens is 1. The highest BCUT2D eigenvalue weighted by molar-refractivity contribution is 5.48. The van der Waals surface area contributed by atoms with Crippen LogP contribution in [0.5, 0.6) is 0 Å². The Balaban J connectivity index is 1.87. The van der Waals surface area contributed by atoms with Crippen LogP contribution in [0, 0.1) is 5.92 Å². The van der Waals surface area contributed by atoms with Gasteiger partial charge in [0, 0.05) is 37.0 Å². The number of nitrogens with zero attached hydrogens (tertiary/aromatic N) is 1. The van der Waals surface area contributed by atoms with Crippen molar-refractivity contribution in [3.63, 3.8) is 0 Å². The minimum Gasteiger partial charge on any atom is -0.399 e. The van der Waals surface area contributed by atoms with Gasteiger partial charge in [0.1, 0.15) is 5.82 Å². The Morgan fingerprint density at radius 1 is 1.62 bits per heavy atom. The Morgan fingerprint density at radius 2 is 2.50 bits per heavy atom. The maximum Gasteiger partial charge on any atom is 0.127 e. The normalized spacial score (nSPS) is 24.6. The first-order chi connectivity index (χ1) is 7.79. The topological polar surface area (TPSA) is 60.2 Å². The second kappa shape index (κ2) is 5.16. The quantitative estimate of drug-likeness (QED) is 0.815. The van der Waals surface area contributed by atoms with Crippen molar-refractivity contribution in [1.29, 1.82) is 0 Å². The number of nitrogen functional groups attached to an aromatic ring is 1. The molecule has 0 amide bonds. The van der Waals surface area contributed by atoms with Crippen LogP contribution in [0.2, 0.25) is 0 Å². The van der Waals surface area contributed by atoms with Crippen LogP contribution in [0.25, 0.3) is 0 Å². The fourth-order valence-corrected chi connectivity index (χ4v) is 2.16. The standard InChI is InChI=1S/C12H19N3O/c1-2-11-9(4-6-16-11)8-15-12-7-10(13)3-5-14-12/h3,5,7,9,11H,2,4,6,8H2,1H3,(H3,13,14,15). The van der Waals surface area contributed by atoms with Gasteiger partial charge in [0.15, 0.2) is 0 Å². The van der Waals surface area contributed by atoms with Crippen LogP contribution in [0.3, 0.4) is 0 Å². The van der Waals surface area contributed by atoms with Crippen molar-refractivity contribution in [1.82, 2.24) is 4.98 Å². The molecule has 4 nitrogen and oxygen atoms in total. The number of hydrogen-bond donors (Lipinski definition) is 2. The van der Waals surface area contributed by atoms with E-state index in [0.29, 0.717) is 12.0 Å². The fraction of sp³-hybridized carbons (Fsp3) is 0.583. The smallest absolute Gasteiger partial charge is 0.127 e. The third kappa shape index (κ3) is 2.64. The first-order valence-electron chi connectivity index (χ1n) is 5.86. The van der Waals surface area contributed by atoms with E-state index >= 15 is 0 Å². The summed E-state index contributed by atoms with van der Waals surface area (Å²) in [5, 5.41) is 3.32. The number of pyridine rings is 1. The molecule has 3 N–H and O–H groups in total. The average Bonchev–Trinajstić information content (AvgIpc) is 2.74. The van der Waals surface area contributed by atoms with Gasteiger partial charge in [-0.15, -0.1) is 0 Å². The van der Waals surface area contributed by atoms with Crippen LogP contribution in [-0.4, -0.2) is 24.2 Å². The minimum atomic E-state index is 0.397. The number of hydrogen-bond acceptors (Lipinski definition) is 4. The van der Waals surface area contributed by atoms with Crippen LogP contribution >= 0.6 is 0 Å². The summed E-state index contributed by atoms with van der Waals surface area (Å²) in [6.45, 7) is 3.96. The molecule has 1 aromatic heterocycles. The van der Waals surface area contributed by atoms with Gasteiger partial charge in [0.05, 0.1) is 6.10 Å². The number of anilines is 2. The Morgan fingerprint density at radius 3 is 3.25 bits per heavy atom. The number of ether oxygens (including phenoxy) is 1. The summed E-state index contributed by atoms with van der Waals surface area (Å²) in [5.74, 6) is 1.44. The van der Waals surface area contributed by atoms with Crippen LogP contribution in [-0.2, 0) is 4.74 Å². The summed E-state index contributed by atoms with van der Waals surface area (Å²) in [6.07, 6.45) is 4.33. The SMILES string of the molecule is CCC1OCCC1CNc1cc(N)ccn1. The monoisotopic (exact) mass is 221 g/mol. The van der Waals surface area contributed by atoms with Crippen molar-refractivity contribution in [2.45, 2.75) is 25.9 Å². The predicted molar refractivity (Wildman–Crippen MR) is 65.3 cm³/mol. The number of nitrogens with one attached hydrogen (secondary N) is 1. The Labute approximate surface area is 96.2 Å². The van der Waals surface area contributed by atoms with E-state index in [9.17, 15) is 0 Å². The molecule has 0 aliphatic carbocycles. The Kier molecular flexibility index (Phi) is 3.62. The molecular weight excluding hydrogens is 202 g/mol. The van der Waals surface area contributed by atoms with E-state index in [1.807, 2.05) is 6.07 Å². The molecule has 1 aliphatic heterocycles. The van der Waals surface area contributed by atoms with Gasteiger partial charge >= 0.3 is 0 Å². The molecule has 0 saturated carbocycles. The lowest BCUT2D eigenvalue weighted by atomic mass is 10.00. The van der Waals surface area contributed by atoms with Gasteiger partial charge < -0.3 is 15.8 Å².